The zero-order valence-corrected chi connectivity index (χ0v) is 18.0. The molecule has 2 aromatic carbocycles. The molecule has 0 radical (unpaired) electrons. The number of para-hydroxylation sites is 1. The number of carbonyl (C=O) groups is 1. The van der Waals surface area contributed by atoms with Crippen molar-refractivity contribution in [3.05, 3.63) is 58.9 Å². The first-order valence-electron chi connectivity index (χ1n) is 9.95. The molecule has 2 aliphatic heterocycles. The molecule has 4 rings (SSSR count). The molecule has 1 amide bonds. The summed E-state index contributed by atoms with van der Waals surface area (Å²) < 4.78 is 40.2. The molecule has 0 aliphatic carbocycles. The Morgan fingerprint density at radius 3 is 2.37 bits per heavy atom. The molecule has 160 valence electrons. The average Bonchev–Trinajstić information content (AvgIpc) is 2.74. The summed E-state index contributed by atoms with van der Waals surface area (Å²) in [5, 5.41) is 0.307. The van der Waals surface area contributed by atoms with Crippen molar-refractivity contribution in [2.45, 2.75) is 12.8 Å². The Balaban J connectivity index is 1.50. The van der Waals surface area contributed by atoms with E-state index in [1.165, 1.54) is 10.4 Å². The number of hydrogen-bond acceptors (Lipinski definition) is 4. The lowest BCUT2D eigenvalue weighted by Crippen LogP contribution is -2.49. The van der Waals surface area contributed by atoms with Crippen LogP contribution in [0.4, 0.5) is 15.8 Å². The van der Waals surface area contributed by atoms with Gasteiger partial charge in [-0.25, -0.2) is 12.8 Å². The monoisotopic (exact) mass is 451 g/mol. The molecule has 0 atom stereocenters. The second-order valence-corrected chi connectivity index (χ2v) is 9.91. The quantitative estimate of drug-likeness (QED) is 0.717. The third-order valence-electron chi connectivity index (χ3n) is 5.57. The number of anilines is 2. The van der Waals surface area contributed by atoms with E-state index in [0.717, 1.165) is 6.42 Å². The number of nitrogens with zero attached hydrogens (tertiary/aromatic N) is 3. The summed E-state index contributed by atoms with van der Waals surface area (Å²) in [6.07, 6.45) is 1.38. The van der Waals surface area contributed by atoms with Gasteiger partial charge in [-0.2, -0.15) is 0 Å². The third kappa shape index (κ3) is 4.11. The molecule has 2 heterocycles. The summed E-state index contributed by atoms with van der Waals surface area (Å²) in [5.41, 5.74) is 1.29. The minimum absolute atomic E-state index is 0.0828. The number of sulfonamides is 1. The molecule has 6 nitrogen and oxygen atoms in total. The molecule has 0 saturated carbocycles. The van der Waals surface area contributed by atoms with Gasteiger partial charge in [0.1, 0.15) is 5.82 Å². The van der Waals surface area contributed by atoms with Crippen molar-refractivity contribution in [2.24, 2.45) is 0 Å². The largest absolute Gasteiger partial charge is 0.366 e. The van der Waals surface area contributed by atoms with Gasteiger partial charge in [0.15, 0.2) is 0 Å². The third-order valence-corrected chi connectivity index (χ3v) is 7.75. The first-order chi connectivity index (χ1) is 14.4. The van der Waals surface area contributed by atoms with E-state index < -0.39 is 10.0 Å². The van der Waals surface area contributed by atoms with Gasteiger partial charge in [0.05, 0.1) is 22.2 Å². The summed E-state index contributed by atoms with van der Waals surface area (Å²) in [5.74, 6) is -0.377. The average molecular weight is 452 g/mol. The van der Waals surface area contributed by atoms with E-state index in [1.807, 2.05) is 4.90 Å². The molecule has 0 N–H and O–H groups in total. The van der Waals surface area contributed by atoms with Crippen LogP contribution in [-0.4, -0.2) is 57.7 Å². The number of amides is 1. The van der Waals surface area contributed by atoms with Crippen molar-refractivity contribution in [3.63, 3.8) is 0 Å². The summed E-state index contributed by atoms with van der Waals surface area (Å²) in [6.45, 7) is 2.31. The standard InChI is InChI=1S/C21H23ClFN3O3S/c22-17-8-7-16(15-20(17)26-9-3-4-14-30(26,28)29)21(27)25-12-10-24(11-13-25)19-6-2-1-5-18(19)23/h1-2,5-8,15H,3-4,9-14H2. The minimum atomic E-state index is -3.43. The van der Waals surface area contributed by atoms with E-state index in [-0.39, 0.29) is 17.5 Å². The molecule has 0 bridgehead atoms. The predicted octanol–water partition coefficient (Wildman–Crippen LogP) is 3.37. The van der Waals surface area contributed by atoms with Crippen LogP contribution in [0.3, 0.4) is 0 Å². The summed E-state index contributed by atoms with van der Waals surface area (Å²) in [6, 6.07) is 11.4. The highest BCUT2D eigenvalue weighted by molar-refractivity contribution is 7.92. The molecule has 2 aromatic rings. The highest BCUT2D eigenvalue weighted by atomic mass is 35.5. The first-order valence-corrected chi connectivity index (χ1v) is 11.9. The first kappa shape index (κ1) is 20.9. The van der Waals surface area contributed by atoms with Gasteiger partial charge < -0.3 is 9.80 Å². The highest BCUT2D eigenvalue weighted by Gasteiger charge is 2.29. The van der Waals surface area contributed by atoms with Crippen LogP contribution in [0, 0.1) is 5.82 Å². The maximum atomic E-state index is 14.0. The number of carbonyl (C=O) groups excluding carboxylic acids is 1. The van der Waals surface area contributed by atoms with Crippen LogP contribution in [0.5, 0.6) is 0 Å². The maximum absolute atomic E-state index is 14.0. The van der Waals surface area contributed by atoms with E-state index in [1.54, 1.807) is 41.3 Å². The summed E-state index contributed by atoms with van der Waals surface area (Å²) >= 11 is 6.28. The van der Waals surface area contributed by atoms with Crippen molar-refractivity contribution in [2.75, 3.05) is 47.7 Å². The van der Waals surface area contributed by atoms with Crippen LogP contribution in [0.25, 0.3) is 0 Å². The predicted molar refractivity (Wildman–Crippen MR) is 116 cm³/mol. The van der Waals surface area contributed by atoms with Gasteiger partial charge in [-0.15, -0.1) is 0 Å². The lowest BCUT2D eigenvalue weighted by atomic mass is 10.1. The number of rotatable bonds is 3. The Kier molecular flexibility index (Phi) is 5.88. The Labute approximate surface area is 180 Å². The van der Waals surface area contributed by atoms with Gasteiger partial charge in [0.2, 0.25) is 10.0 Å². The number of piperazine rings is 1. The Morgan fingerprint density at radius 2 is 1.67 bits per heavy atom. The van der Waals surface area contributed by atoms with Gasteiger partial charge in [-0.05, 0) is 43.2 Å². The van der Waals surface area contributed by atoms with Crippen LogP contribution in [0.1, 0.15) is 23.2 Å². The van der Waals surface area contributed by atoms with Crippen molar-refractivity contribution >= 4 is 38.9 Å². The second kappa shape index (κ2) is 8.43. The molecular formula is C21H23ClFN3O3S. The van der Waals surface area contributed by atoms with E-state index in [4.69, 9.17) is 11.6 Å². The van der Waals surface area contributed by atoms with Crippen LogP contribution < -0.4 is 9.21 Å². The van der Waals surface area contributed by atoms with Gasteiger partial charge in [-0.1, -0.05) is 23.7 Å². The van der Waals surface area contributed by atoms with Gasteiger partial charge >= 0.3 is 0 Å². The van der Waals surface area contributed by atoms with E-state index in [9.17, 15) is 17.6 Å². The topological polar surface area (TPSA) is 60.9 Å². The molecule has 0 unspecified atom stereocenters. The Morgan fingerprint density at radius 1 is 0.933 bits per heavy atom. The van der Waals surface area contributed by atoms with E-state index >= 15 is 0 Å². The molecule has 2 aliphatic rings. The van der Waals surface area contributed by atoms with Crippen molar-refractivity contribution in [3.8, 4) is 0 Å². The maximum Gasteiger partial charge on any atom is 0.254 e. The van der Waals surface area contributed by atoms with Crippen LogP contribution in [-0.2, 0) is 10.0 Å². The number of benzene rings is 2. The number of halogens is 2. The fourth-order valence-corrected chi connectivity index (χ4v) is 5.85. The highest BCUT2D eigenvalue weighted by Crippen LogP contribution is 2.32. The lowest BCUT2D eigenvalue weighted by Gasteiger charge is -2.36. The second-order valence-electron chi connectivity index (χ2n) is 7.49. The fraction of sp³-hybridized carbons (Fsp3) is 0.381. The Hall–Kier alpha value is -2.32. The van der Waals surface area contributed by atoms with Crippen LogP contribution in [0.2, 0.25) is 5.02 Å². The summed E-state index contributed by atoms with van der Waals surface area (Å²) in [7, 11) is -3.43. The Bertz CT molecular complexity index is 1060. The molecule has 2 saturated heterocycles. The fourth-order valence-electron chi connectivity index (χ4n) is 3.94. The molecule has 0 aromatic heterocycles. The molecular weight excluding hydrogens is 429 g/mol. The van der Waals surface area contributed by atoms with Crippen molar-refractivity contribution in [1.82, 2.24) is 4.90 Å². The molecule has 0 spiro atoms. The molecule has 2 fully saturated rings. The minimum Gasteiger partial charge on any atom is -0.366 e. The van der Waals surface area contributed by atoms with E-state index in [2.05, 4.69) is 0 Å². The van der Waals surface area contributed by atoms with Gasteiger partial charge in [0.25, 0.3) is 5.91 Å². The van der Waals surface area contributed by atoms with Gasteiger partial charge in [-0.3, -0.25) is 9.10 Å². The van der Waals surface area contributed by atoms with Crippen LogP contribution in [0.15, 0.2) is 42.5 Å². The smallest absolute Gasteiger partial charge is 0.254 e. The van der Waals surface area contributed by atoms with Gasteiger partial charge in [0, 0.05) is 38.3 Å². The SMILES string of the molecule is O=C(c1ccc(Cl)c(N2CCCCS2(=O)=O)c1)N1CCN(c2ccccc2F)CC1. The summed E-state index contributed by atoms with van der Waals surface area (Å²) in [4.78, 5) is 16.7. The van der Waals surface area contributed by atoms with Crippen LogP contribution >= 0.6 is 11.6 Å². The van der Waals surface area contributed by atoms with E-state index in [0.29, 0.717) is 61.1 Å². The molecule has 9 heteroatoms. The van der Waals surface area contributed by atoms with Crippen molar-refractivity contribution in [1.29, 1.82) is 0 Å². The zero-order chi connectivity index (χ0) is 21.3. The van der Waals surface area contributed by atoms with Crippen molar-refractivity contribution < 1.29 is 17.6 Å². The normalized spacial score (nSPS) is 19.1. The number of hydrogen-bond donors (Lipinski definition) is 0. The zero-order valence-electron chi connectivity index (χ0n) is 16.4. The lowest BCUT2D eigenvalue weighted by molar-refractivity contribution is 0.0746. The molecule has 30 heavy (non-hydrogen) atoms.